The van der Waals surface area contributed by atoms with Gasteiger partial charge in [-0.15, -0.1) is 0 Å². The molecule has 3 N–H and O–H groups in total. The molecule has 0 aliphatic carbocycles. The second-order valence-corrected chi connectivity index (χ2v) is 9.43. The van der Waals surface area contributed by atoms with Gasteiger partial charge in [0, 0.05) is 23.7 Å². The molecule has 3 rings (SSSR count). The normalized spacial score (nSPS) is 11.6. The average Bonchev–Trinajstić information content (AvgIpc) is 2.77. The van der Waals surface area contributed by atoms with Crippen molar-refractivity contribution in [2.45, 2.75) is 24.2 Å². The number of benzene rings is 3. The number of alkyl halides is 2. The molecule has 0 unspecified atom stereocenters. The van der Waals surface area contributed by atoms with Crippen molar-refractivity contribution < 1.29 is 31.1 Å². The lowest BCUT2D eigenvalue weighted by Gasteiger charge is -2.15. The highest BCUT2D eigenvalue weighted by Crippen LogP contribution is 2.38. The van der Waals surface area contributed by atoms with E-state index in [1.54, 1.807) is 0 Å². The maximum Gasteiger partial charge on any atom is 0.269 e. The summed E-state index contributed by atoms with van der Waals surface area (Å²) < 4.78 is 70.7. The molecule has 0 heterocycles. The second kappa shape index (κ2) is 9.95. The van der Waals surface area contributed by atoms with E-state index in [0.29, 0.717) is 6.92 Å². The molecule has 35 heavy (non-hydrogen) atoms. The molecule has 0 aromatic heterocycles. The Bertz CT molecular complexity index is 1430. The van der Waals surface area contributed by atoms with Gasteiger partial charge in [0.15, 0.2) is 17.3 Å². The van der Waals surface area contributed by atoms with Crippen molar-refractivity contribution in [1.82, 2.24) is 0 Å². The van der Waals surface area contributed by atoms with Crippen LogP contribution in [-0.2, 0) is 27.2 Å². The number of nitrogens with zero attached hydrogens (tertiary/aromatic N) is 1. The zero-order valence-electron chi connectivity index (χ0n) is 18.0. The molecule has 7 nitrogen and oxygen atoms in total. The Morgan fingerprint density at radius 3 is 2.40 bits per heavy atom. The molecule has 0 aliphatic rings. The van der Waals surface area contributed by atoms with E-state index < -0.39 is 45.4 Å². The monoisotopic (exact) mass is 523 g/mol. The minimum Gasteiger partial charge on any atom is -0.454 e. The first-order valence-electron chi connectivity index (χ1n) is 9.76. The predicted molar refractivity (Wildman–Crippen MR) is 124 cm³/mol. The number of carbonyl (C=O) groups excluding carboxylic acids is 1. The Balaban J connectivity index is 1.83. The highest BCUT2D eigenvalue weighted by atomic mass is 35.5. The maximum absolute atomic E-state index is 15.1. The van der Waals surface area contributed by atoms with Gasteiger partial charge < -0.3 is 10.1 Å². The summed E-state index contributed by atoms with van der Waals surface area (Å²) in [6.45, 7) is 7.74. The Labute approximate surface area is 204 Å². The van der Waals surface area contributed by atoms with Gasteiger partial charge in [-0.3, -0.25) is 4.79 Å². The van der Waals surface area contributed by atoms with E-state index in [-0.39, 0.29) is 32.6 Å². The Morgan fingerprint density at radius 1 is 1.17 bits per heavy atom. The topological polar surface area (TPSA) is 103 Å². The van der Waals surface area contributed by atoms with Crippen LogP contribution in [0.5, 0.6) is 11.5 Å². The summed E-state index contributed by atoms with van der Waals surface area (Å²) in [6, 6.07) is 10.7. The number of amides is 1. The van der Waals surface area contributed by atoms with Gasteiger partial charge in [-0.2, -0.15) is 0 Å². The van der Waals surface area contributed by atoms with E-state index in [4.69, 9.17) is 28.0 Å². The first-order valence-corrected chi connectivity index (χ1v) is 11.7. The molecule has 0 saturated carbocycles. The Hall–Kier alpha value is -3.59. The lowest BCUT2D eigenvalue weighted by atomic mass is 10.1. The van der Waals surface area contributed by atoms with Crippen molar-refractivity contribution in [3.05, 3.63) is 88.0 Å². The summed E-state index contributed by atoms with van der Waals surface area (Å²) in [7, 11) is -3.90. The van der Waals surface area contributed by atoms with E-state index >= 15 is 4.39 Å². The molecule has 0 aliphatic heterocycles. The summed E-state index contributed by atoms with van der Waals surface area (Å²) in [5.74, 6) is -5.62. The Kier molecular flexibility index (Phi) is 7.40. The molecule has 12 heteroatoms. The van der Waals surface area contributed by atoms with Crippen molar-refractivity contribution in [2.75, 3.05) is 5.32 Å². The van der Waals surface area contributed by atoms with Crippen LogP contribution in [0.4, 0.5) is 24.5 Å². The molecular weight excluding hydrogens is 507 g/mol. The number of carbonyl (C=O) groups is 1. The van der Waals surface area contributed by atoms with Gasteiger partial charge >= 0.3 is 0 Å². The lowest BCUT2D eigenvalue weighted by molar-refractivity contribution is -0.115. The molecule has 0 spiro atoms. The van der Waals surface area contributed by atoms with Crippen molar-refractivity contribution in [3.8, 4) is 11.5 Å². The van der Waals surface area contributed by atoms with E-state index in [0.717, 1.165) is 18.2 Å². The first kappa shape index (κ1) is 26.0. The van der Waals surface area contributed by atoms with Crippen LogP contribution in [0.25, 0.3) is 4.85 Å². The summed E-state index contributed by atoms with van der Waals surface area (Å²) in [4.78, 5) is 15.4. The number of ether oxygens (including phenoxy) is 1. The van der Waals surface area contributed by atoms with E-state index in [1.807, 2.05) is 0 Å². The molecule has 3 aromatic carbocycles. The third-order valence-electron chi connectivity index (χ3n) is 4.69. The largest absolute Gasteiger partial charge is 0.454 e. The van der Waals surface area contributed by atoms with Crippen LogP contribution >= 0.6 is 11.6 Å². The Morgan fingerprint density at radius 2 is 1.83 bits per heavy atom. The molecular formula is C23H17ClF3N3O4S. The number of rotatable bonds is 7. The van der Waals surface area contributed by atoms with Crippen LogP contribution in [-0.4, -0.2) is 14.3 Å². The predicted octanol–water partition coefficient (Wildman–Crippen LogP) is 5.76. The van der Waals surface area contributed by atoms with Crippen LogP contribution in [0.15, 0.2) is 59.5 Å². The molecule has 0 saturated heterocycles. The molecule has 182 valence electrons. The number of hydrogen-bond donors (Lipinski definition) is 2. The third kappa shape index (κ3) is 6.51. The van der Waals surface area contributed by atoms with E-state index in [2.05, 4.69) is 10.2 Å². The van der Waals surface area contributed by atoms with E-state index in [1.165, 1.54) is 36.4 Å². The van der Waals surface area contributed by atoms with Crippen molar-refractivity contribution in [1.29, 1.82) is 0 Å². The minimum absolute atomic E-state index is 0.106. The molecule has 0 atom stereocenters. The van der Waals surface area contributed by atoms with Gasteiger partial charge in [0.2, 0.25) is 15.9 Å². The number of nitrogens with two attached hydrogens (primary N) is 1. The van der Waals surface area contributed by atoms with Gasteiger partial charge in [0.05, 0.1) is 22.9 Å². The second-order valence-electron chi connectivity index (χ2n) is 7.46. The number of anilines is 1. The van der Waals surface area contributed by atoms with Crippen LogP contribution in [0, 0.1) is 12.4 Å². The van der Waals surface area contributed by atoms with Gasteiger partial charge in [-0.1, -0.05) is 17.7 Å². The van der Waals surface area contributed by atoms with Crippen molar-refractivity contribution in [2.24, 2.45) is 5.14 Å². The molecule has 3 aromatic rings. The summed E-state index contributed by atoms with van der Waals surface area (Å²) in [5.41, 5.74) is -0.497. The summed E-state index contributed by atoms with van der Waals surface area (Å²) in [5, 5.41) is 7.33. The number of sulfonamides is 1. The van der Waals surface area contributed by atoms with Gasteiger partial charge in [-0.25, -0.2) is 31.6 Å². The fraction of sp³-hybridized carbons (Fsp3) is 0.130. The zero-order chi connectivity index (χ0) is 26.0. The third-order valence-corrected chi connectivity index (χ3v) is 5.92. The molecule has 0 radical (unpaired) electrons. The first-order chi connectivity index (χ1) is 16.3. The quantitative estimate of drug-likeness (QED) is 0.384. The van der Waals surface area contributed by atoms with Crippen LogP contribution in [0.3, 0.4) is 0 Å². The highest BCUT2D eigenvalue weighted by Gasteiger charge is 2.26. The SMILES string of the molecule is [C-]#[N+]c1cc(Oc2c(Cl)ccc(CC(=O)Nc3ccc(S(N)(=O)=O)cc3)c2F)cc(C(C)(F)F)c1. The van der Waals surface area contributed by atoms with Crippen LogP contribution in [0.2, 0.25) is 5.02 Å². The number of nitrogens with one attached hydrogen (secondary N) is 1. The maximum atomic E-state index is 15.1. The molecule has 0 bridgehead atoms. The number of halogens is 4. The summed E-state index contributed by atoms with van der Waals surface area (Å²) >= 11 is 6.04. The summed E-state index contributed by atoms with van der Waals surface area (Å²) in [6.07, 6.45) is -0.448. The lowest BCUT2D eigenvalue weighted by Crippen LogP contribution is -2.16. The smallest absolute Gasteiger partial charge is 0.269 e. The fourth-order valence-electron chi connectivity index (χ4n) is 2.99. The van der Waals surface area contributed by atoms with Crippen molar-refractivity contribution >= 4 is 38.9 Å². The van der Waals surface area contributed by atoms with Crippen molar-refractivity contribution in [3.63, 3.8) is 0 Å². The highest BCUT2D eigenvalue weighted by molar-refractivity contribution is 7.89. The van der Waals surface area contributed by atoms with Gasteiger partial charge in [-0.05, 0) is 48.5 Å². The minimum atomic E-state index is -3.90. The molecule has 1 amide bonds. The molecule has 0 fully saturated rings. The average molecular weight is 524 g/mol. The standard InChI is InChI=1S/C23H17ClF3N3O4S/c1-23(26,27)14-10-16(29-2)12-17(11-14)34-22-19(24)8-3-13(21(22)25)9-20(31)30-15-4-6-18(7-5-15)35(28,32)33/h3-8,10-12H,9H2,1H3,(H,30,31)(H2,28,32,33). The van der Waals surface area contributed by atoms with E-state index in [9.17, 15) is 22.0 Å². The number of primary sulfonamides is 1. The number of hydrogen-bond acceptors (Lipinski definition) is 4. The van der Waals surface area contributed by atoms with Crippen LogP contribution in [0.1, 0.15) is 18.1 Å². The van der Waals surface area contributed by atoms with Gasteiger partial charge in [0.1, 0.15) is 5.75 Å². The van der Waals surface area contributed by atoms with Gasteiger partial charge in [0.25, 0.3) is 5.92 Å². The van der Waals surface area contributed by atoms with Crippen LogP contribution < -0.4 is 15.2 Å². The fourth-order valence-corrected chi connectivity index (χ4v) is 3.69. The zero-order valence-corrected chi connectivity index (χ0v) is 19.6.